The maximum absolute atomic E-state index is 11.9. The van der Waals surface area contributed by atoms with Crippen molar-refractivity contribution in [1.82, 2.24) is 20.8 Å². The number of carbonyl (C=O) groups is 2. The molecular formula is C19H24N6O2. The van der Waals surface area contributed by atoms with Crippen molar-refractivity contribution in [3.63, 3.8) is 0 Å². The molecule has 0 unspecified atom stereocenters. The number of rotatable bonds is 8. The molecule has 3 N–H and O–H groups in total. The smallest absolute Gasteiger partial charge is 0.251 e. The molecular weight excluding hydrogens is 344 g/mol. The van der Waals surface area contributed by atoms with E-state index >= 15 is 0 Å². The Morgan fingerprint density at radius 3 is 2.59 bits per heavy atom. The third-order valence-corrected chi connectivity index (χ3v) is 4.31. The summed E-state index contributed by atoms with van der Waals surface area (Å²) in [7, 11) is 0. The summed E-state index contributed by atoms with van der Waals surface area (Å²) in [6, 6.07) is 10.8. The van der Waals surface area contributed by atoms with E-state index < -0.39 is 0 Å². The SMILES string of the molecule is O=C(CNC(=O)c1ccccc1)NCCNc1cc(N2CCCC2)cnn1. The molecule has 0 atom stereocenters. The van der Waals surface area contributed by atoms with Gasteiger partial charge in [0.05, 0.1) is 18.4 Å². The van der Waals surface area contributed by atoms with Crippen LogP contribution in [0.4, 0.5) is 11.5 Å². The number of nitrogens with one attached hydrogen (secondary N) is 3. The van der Waals surface area contributed by atoms with E-state index in [1.807, 2.05) is 12.1 Å². The zero-order valence-electron chi connectivity index (χ0n) is 15.1. The van der Waals surface area contributed by atoms with Crippen LogP contribution in [0.25, 0.3) is 0 Å². The van der Waals surface area contributed by atoms with Gasteiger partial charge in [0, 0.05) is 37.8 Å². The molecule has 2 amide bonds. The van der Waals surface area contributed by atoms with Gasteiger partial charge in [-0.05, 0) is 25.0 Å². The zero-order chi connectivity index (χ0) is 18.9. The fourth-order valence-corrected chi connectivity index (χ4v) is 2.90. The first kappa shape index (κ1) is 18.6. The summed E-state index contributed by atoms with van der Waals surface area (Å²) in [5.74, 6) is 0.182. The van der Waals surface area contributed by atoms with Gasteiger partial charge < -0.3 is 20.9 Å². The first-order valence-corrected chi connectivity index (χ1v) is 9.14. The second-order valence-electron chi connectivity index (χ2n) is 6.32. The Balaban J connectivity index is 1.34. The average Bonchev–Trinajstić information content (AvgIpc) is 3.25. The highest BCUT2D eigenvalue weighted by molar-refractivity contribution is 5.96. The van der Waals surface area contributed by atoms with Gasteiger partial charge in [-0.2, -0.15) is 5.10 Å². The molecule has 0 radical (unpaired) electrons. The molecule has 27 heavy (non-hydrogen) atoms. The number of carbonyl (C=O) groups excluding carboxylic acids is 2. The van der Waals surface area contributed by atoms with Crippen LogP contribution in [-0.2, 0) is 4.79 Å². The number of hydrogen-bond donors (Lipinski definition) is 3. The topological polar surface area (TPSA) is 99.2 Å². The molecule has 0 saturated carbocycles. The number of benzene rings is 1. The number of nitrogens with zero attached hydrogens (tertiary/aromatic N) is 3. The lowest BCUT2D eigenvalue weighted by Crippen LogP contribution is -2.38. The van der Waals surface area contributed by atoms with Gasteiger partial charge in [0.2, 0.25) is 5.91 Å². The maximum atomic E-state index is 11.9. The Morgan fingerprint density at radius 2 is 1.81 bits per heavy atom. The Hall–Kier alpha value is -3.16. The molecule has 1 aliphatic heterocycles. The van der Waals surface area contributed by atoms with E-state index in [2.05, 4.69) is 31.0 Å². The second kappa shape index (κ2) is 9.51. The van der Waals surface area contributed by atoms with Gasteiger partial charge in [0.25, 0.3) is 5.91 Å². The Morgan fingerprint density at radius 1 is 1.04 bits per heavy atom. The molecule has 3 rings (SSSR count). The van der Waals surface area contributed by atoms with Crippen LogP contribution in [0.3, 0.4) is 0 Å². The van der Waals surface area contributed by atoms with Crippen molar-refractivity contribution in [2.45, 2.75) is 12.8 Å². The van der Waals surface area contributed by atoms with E-state index in [4.69, 9.17) is 0 Å². The van der Waals surface area contributed by atoms with E-state index in [1.54, 1.807) is 30.5 Å². The summed E-state index contributed by atoms with van der Waals surface area (Å²) in [5, 5.41) is 16.6. The third kappa shape index (κ3) is 5.67. The summed E-state index contributed by atoms with van der Waals surface area (Å²) in [6.45, 7) is 3.00. The van der Waals surface area contributed by atoms with E-state index in [9.17, 15) is 9.59 Å². The summed E-state index contributed by atoms with van der Waals surface area (Å²) >= 11 is 0. The lowest BCUT2D eigenvalue weighted by atomic mass is 10.2. The Kier molecular flexibility index (Phi) is 6.56. The number of hydrogen-bond acceptors (Lipinski definition) is 6. The van der Waals surface area contributed by atoms with Gasteiger partial charge in [-0.1, -0.05) is 18.2 Å². The molecule has 1 aliphatic rings. The van der Waals surface area contributed by atoms with Gasteiger partial charge in [0.1, 0.15) is 0 Å². The van der Waals surface area contributed by atoms with E-state index in [-0.39, 0.29) is 18.4 Å². The molecule has 8 heteroatoms. The normalized spacial score (nSPS) is 13.3. The van der Waals surface area contributed by atoms with Crippen molar-refractivity contribution in [3.05, 3.63) is 48.2 Å². The van der Waals surface area contributed by atoms with Crippen LogP contribution in [0.2, 0.25) is 0 Å². The molecule has 2 aromatic rings. The minimum Gasteiger partial charge on any atom is -0.370 e. The van der Waals surface area contributed by atoms with Crippen LogP contribution >= 0.6 is 0 Å². The second-order valence-corrected chi connectivity index (χ2v) is 6.32. The molecule has 0 spiro atoms. The van der Waals surface area contributed by atoms with Gasteiger partial charge in [-0.3, -0.25) is 9.59 Å². The van der Waals surface area contributed by atoms with Crippen molar-refractivity contribution in [3.8, 4) is 0 Å². The van der Waals surface area contributed by atoms with E-state index in [0.29, 0.717) is 24.5 Å². The van der Waals surface area contributed by atoms with E-state index in [1.165, 1.54) is 12.8 Å². The molecule has 1 fully saturated rings. The Bertz CT molecular complexity index is 762. The van der Waals surface area contributed by atoms with Gasteiger partial charge in [-0.15, -0.1) is 5.10 Å². The lowest BCUT2D eigenvalue weighted by molar-refractivity contribution is -0.120. The average molecular weight is 368 g/mol. The molecule has 142 valence electrons. The summed E-state index contributed by atoms with van der Waals surface area (Å²) in [5.41, 5.74) is 1.60. The Labute approximate surface area is 158 Å². The van der Waals surface area contributed by atoms with Crippen molar-refractivity contribution < 1.29 is 9.59 Å². The first-order valence-electron chi connectivity index (χ1n) is 9.14. The van der Waals surface area contributed by atoms with Gasteiger partial charge >= 0.3 is 0 Å². The molecule has 0 bridgehead atoms. The minimum absolute atomic E-state index is 0.0576. The highest BCUT2D eigenvalue weighted by Gasteiger charge is 2.13. The number of anilines is 2. The van der Waals surface area contributed by atoms with Crippen LogP contribution < -0.4 is 20.9 Å². The zero-order valence-corrected chi connectivity index (χ0v) is 15.1. The lowest BCUT2D eigenvalue weighted by Gasteiger charge is -2.17. The summed E-state index contributed by atoms with van der Waals surface area (Å²) in [4.78, 5) is 26.0. The van der Waals surface area contributed by atoms with Gasteiger partial charge in [-0.25, -0.2) is 0 Å². The minimum atomic E-state index is -0.266. The van der Waals surface area contributed by atoms with Crippen LogP contribution in [0, 0.1) is 0 Å². The standard InChI is InChI=1S/C19H24N6O2/c26-18(14-22-19(27)15-6-2-1-3-7-15)21-9-8-20-17-12-16(13-23-24-17)25-10-4-5-11-25/h1-3,6-7,12-13H,4-5,8-11,14H2,(H,20,24)(H,21,26)(H,22,27). The molecule has 1 saturated heterocycles. The highest BCUT2D eigenvalue weighted by Crippen LogP contribution is 2.20. The highest BCUT2D eigenvalue weighted by atomic mass is 16.2. The van der Waals surface area contributed by atoms with Crippen molar-refractivity contribution in [2.24, 2.45) is 0 Å². The predicted molar refractivity (Wildman–Crippen MR) is 104 cm³/mol. The largest absolute Gasteiger partial charge is 0.370 e. The fraction of sp³-hybridized carbons (Fsp3) is 0.368. The van der Waals surface area contributed by atoms with Gasteiger partial charge in [0.15, 0.2) is 5.82 Å². The monoisotopic (exact) mass is 368 g/mol. The summed E-state index contributed by atoms with van der Waals surface area (Å²) < 4.78 is 0. The van der Waals surface area contributed by atoms with Crippen molar-refractivity contribution >= 4 is 23.3 Å². The molecule has 0 aliphatic carbocycles. The molecule has 2 heterocycles. The maximum Gasteiger partial charge on any atom is 0.251 e. The number of amides is 2. The van der Waals surface area contributed by atoms with Crippen LogP contribution in [0.1, 0.15) is 23.2 Å². The van der Waals surface area contributed by atoms with E-state index in [0.717, 1.165) is 18.8 Å². The molecule has 1 aromatic carbocycles. The molecule has 8 nitrogen and oxygen atoms in total. The quantitative estimate of drug-likeness (QED) is 0.602. The fourth-order valence-electron chi connectivity index (χ4n) is 2.90. The van der Waals surface area contributed by atoms with Crippen LogP contribution in [0.15, 0.2) is 42.6 Å². The van der Waals surface area contributed by atoms with Crippen LogP contribution in [0.5, 0.6) is 0 Å². The predicted octanol–water partition coefficient (Wildman–Crippen LogP) is 1.03. The van der Waals surface area contributed by atoms with Crippen molar-refractivity contribution in [1.29, 1.82) is 0 Å². The number of aromatic nitrogens is 2. The third-order valence-electron chi connectivity index (χ3n) is 4.31. The van der Waals surface area contributed by atoms with Crippen LogP contribution in [-0.4, -0.2) is 54.7 Å². The molecule has 1 aromatic heterocycles. The van der Waals surface area contributed by atoms with Crippen molar-refractivity contribution in [2.75, 3.05) is 42.9 Å². The summed E-state index contributed by atoms with van der Waals surface area (Å²) in [6.07, 6.45) is 4.18. The first-order chi connectivity index (χ1) is 13.2.